The summed E-state index contributed by atoms with van der Waals surface area (Å²) < 4.78 is 14.6. The van der Waals surface area contributed by atoms with Crippen molar-refractivity contribution in [3.63, 3.8) is 0 Å². The van der Waals surface area contributed by atoms with E-state index in [9.17, 15) is 28.8 Å². The second-order valence-electron chi connectivity index (χ2n) is 20.9. The Hall–Kier alpha value is -8.59. The minimum absolute atomic E-state index is 0.0351. The molecule has 5 N–H and O–H groups in total. The van der Waals surface area contributed by atoms with Crippen LogP contribution in [0.4, 0.5) is 0 Å². The molecule has 0 bridgehead atoms. The monoisotopic (exact) mass is 1420 g/mol. The number of fused-ring (bicyclic) bond motifs is 4. The molecule has 8 aromatic carbocycles. The van der Waals surface area contributed by atoms with Gasteiger partial charge < -0.3 is 39.3 Å². The Labute approximate surface area is 589 Å². The number of H-pyrrole nitrogens is 4. The zero-order chi connectivity index (χ0) is 69.2. The van der Waals surface area contributed by atoms with Gasteiger partial charge >= 0.3 is 35.3 Å². The van der Waals surface area contributed by atoms with Crippen molar-refractivity contribution >= 4 is 154 Å². The number of ether oxygens (including phenoxy) is 3. The summed E-state index contributed by atoms with van der Waals surface area (Å²) in [5.74, 6) is -1.99. The fourth-order valence-electron chi connectivity index (χ4n) is 9.68. The lowest BCUT2D eigenvalue weighted by molar-refractivity contribution is -0.111. The molecule has 12 rings (SSSR count). The molecule has 496 valence electrons. The van der Waals surface area contributed by atoms with E-state index in [2.05, 4.69) is 92.7 Å². The lowest BCUT2D eigenvalue weighted by atomic mass is 10.0. The Morgan fingerprint density at radius 1 is 0.385 bits per heavy atom. The molecule has 0 amide bonds. The largest absolute Gasteiger partial charge is 0.643 e. The van der Waals surface area contributed by atoms with E-state index in [0.29, 0.717) is 55.3 Å². The van der Waals surface area contributed by atoms with Crippen molar-refractivity contribution in [1.29, 1.82) is 0 Å². The van der Waals surface area contributed by atoms with Crippen LogP contribution in [0.25, 0.3) is 43.1 Å². The standard InChI is InChI=1S/C19H17NO3.C19H19NO2.C17H15NO2.C12H9ClO.C7H9NO2.CH2Cl2.Al.3ClH/c1-2-23-19(22)17-11-16(12-20-17)18(21)10-13-7-8-14-5-3-4-6-15(14)9-13;1-2-22-19(21)18-12-15(13-20-18)8-7-14-9-10-16-5-3-4-6-17(16)11-14;19-17(20)16-10-13(11-18-16)6-5-12-7-8-14-3-1-2-4-15(14)9-12;13-12(14)8-9-5-6-10-3-1-2-4-11(10)7-9;1-2-10-7(9)6-4-3-5-8-6;2-1-3;;;;/h3-9,11-12,20H,2,10H2,1H3;3-6,9-13,20H,2,7-8H2,1H3;1-4,7-11,18H,5-6H2,(H,19,20);1-7H,8H2;3-5,8H,2H2,1H3;1H2;;3*1H/q;;;;;;+3;;;/p-3. The number of halogens is 6. The molecule has 0 saturated heterocycles. The number of rotatable bonds is 18. The number of hydrogen-bond donors (Lipinski definition) is 5. The van der Waals surface area contributed by atoms with Gasteiger partial charge in [-0.15, -0.1) is 23.2 Å². The molecule has 21 heteroatoms. The van der Waals surface area contributed by atoms with Gasteiger partial charge in [0.1, 0.15) is 22.8 Å². The second kappa shape index (κ2) is 41.4. The normalized spacial score (nSPS) is 10.2. The molecule has 96 heavy (non-hydrogen) atoms. The van der Waals surface area contributed by atoms with Gasteiger partial charge in [-0.1, -0.05) is 170 Å². The number of ketones is 1. The lowest BCUT2D eigenvalue weighted by Crippen LogP contribution is -2.05. The molecule has 4 aromatic heterocycles. The summed E-state index contributed by atoms with van der Waals surface area (Å²) in [6, 6.07) is 66.2. The van der Waals surface area contributed by atoms with Gasteiger partial charge in [0.2, 0.25) is 5.24 Å². The third-order valence-corrected chi connectivity index (χ3v) is 14.3. The van der Waals surface area contributed by atoms with Gasteiger partial charge in [-0.25, -0.2) is 49.3 Å². The molecule has 0 spiro atoms. The molecule has 0 radical (unpaired) electrons. The van der Waals surface area contributed by atoms with Gasteiger partial charge in [0.05, 0.1) is 25.2 Å². The molecule has 0 aliphatic rings. The number of aromatic amines is 4. The molecule has 0 unspecified atom stereocenters. The molecule has 12 aromatic rings. The maximum atomic E-state index is 12.4. The fraction of sp³-hybridized carbons (Fsp3) is 0.173. The number of carboxylic acids is 1. The highest BCUT2D eigenvalue weighted by molar-refractivity contribution is 7.54. The number of aromatic carboxylic acids is 1. The average molecular weight is 1430 g/mol. The lowest BCUT2D eigenvalue weighted by Gasteiger charge is -2.03. The highest BCUT2D eigenvalue weighted by Gasteiger charge is 2.15. The second-order valence-corrected chi connectivity index (χ2v) is 28.6. The summed E-state index contributed by atoms with van der Waals surface area (Å²) in [4.78, 5) is 79.3. The van der Waals surface area contributed by atoms with Crippen LogP contribution in [0.1, 0.15) is 106 Å². The van der Waals surface area contributed by atoms with E-state index in [1.54, 1.807) is 56.7 Å². The van der Waals surface area contributed by atoms with E-state index >= 15 is 0 Å². The number of aromatic nitrogens is 4. The number of benzene rings is 8. The van der Waals surface area contributed by atoms with Gasteiger partial charge in [-0.05, 0) is 165 Å². The third kappa shape index (κ3) is 26.2. The number of esters is 3. The minimum atomic E-state index is -1.72. The first-order valence-corrected chi connectivity index (χ1v) is 37.2. The number of nitrogens with one attached hydrogen (secondary N) is 4. The van der Waals surface area contributed by atoms with E-state index in [1.165, 1.54) is 38.1 Å². The van der Waals surface area contributed by atoms with Crippen LogP contribution < -0.4 is 0 Å². The van der Waals surface area contributed by atoms with Gasteiger partial charge in [0, 0.05) is 43.2 Å². The van der Waals surface area contributed by atoms with Crippen LogP contribution in [0.5, 0.6) is 0 Å². The molecule has 0 aliphatic carbocycles. The van der Waals surface area contributed by atoms with Crippen LogP contribution >= 0.6 is 65.0 Å². The molecule has 0 atom stereocenters. The predicted molar refractivity (Wildman–Crippen MR) is 391 cm³/mol. The van der Waals surface area contributed by atoms with Crippen molar-refractivity contribution in [3.05, 3.63) is 287 Å². The van der Waals surface area contributed by atoms with Crippen LogP contribution in [0, 0.1) is 0 Å². The maximum Gasteiger partial charge on any atom is 0.643 e. The molecular weight excluding hydrogens is 1360 g/mol. The van der Waals surface area contributed by atoms with E-state index in [-0.39, 0.29) is 34.0 Å². The Morgan fingerprint density at radius 2 is 0.719 bits per heavy atom. The fourth-order valence-corrected chi connectivity index (χ4v) is 9.83. The molecule has 0 fully saturated rings. The van der Waals surface area contributed by atoms with Crippen molar-refractivity contribution in [3.8, 4) is 0 Å². The van der Waals surface area contributed by atoms with Gasteiger partial charge in [-0.3, -0.25) is 9.59 Å². The zero-order valence-corrected chi connectivity index (χ0v) is 58.6. The van der Waals surface area contributed by atoms with Crippen LogP contribution in [0.3, 0.4) is 0 Å². The van der Waals surface area contributed by atoms with Crippen LogP contribution in [-0.2, 0) is 57.5 Å². The van der Waals surface area contributed by atoms with Crippen LogP contribution in [-0.4, -0.2) is 96.5 Å². The summed E-state index contributed by atoms with van der Waals surface area (Å²) >= 11 is 13.1. The molecule has 14 nitrogen and oxygen atoms in total. The zero-order valence-electron chi connectivity index (χ0n) is 52.9. The number of Topliss-reactive ketones (excluding diaryl/α,β-unsaturated/α-hetero) is 1. The number of aryl methyl sites for hydroxylation is 4. The first-order chi connectivity index (χ1) is 46.4. The Bertz CT molecular complexity index is 4430. The van der Waals surface area contributed by atoms with E-state index in [0.717, 1.165) is 64.1 Å². The summed E-state index contributed by atoms with van der Waals surface area (Å²) in [7, 11) is 14.8. The first-order valence-electron chi connectivity index (χ1n) is 30.5. The highest BCUT2D eigenvalue weighted by atomic mass is 35.8. The summed E-state index contributed by atoms with van der Waals surface area (Å²) in [5.41, 5.74) is 8.69. The Kier molecular flexibility index (Phi) is 33.0. The van der Waals surface area contributed by atoms with Crippen molar-refractivity contribution in [1.82, 2.24) is 19.9 Å². The van der Waals surface area contributed by atoms with Gasteiger partial charge in [-0.2, -0.15) is 0 Å². The Morgan fingerprint density at radius 3 is 1.09 bits per heavy atom. The molecule has 0 aliphatic heterocycles. The van der Waals surface area contributed by atoms with Crippen molar-refractivity contribution in [2.24, 2.45) is 0 Å². The predicted octanol–water partition coefficient (Wildman–Crippen LogP) is 19.0. The smallest absolute Gasteiger partial charge is 0.477 e. The van der Waals surface area contributed by atoms with E-state index < -0.39 is 23.3 Å². The quantitative estimate of drug-likeness (QED) is 0.0137. The van der Waals surface area contributed by atoms with Crippen molar-refractivity contribution in [2.45, 2.75) is 59.3 Å². The Balaban J connectivity index is 0.000000189. The number of alkyl halides is 2. The topological polar surface area (TPSA) is 213 Å². The third-order valence-electron chi connectivity index (χ3n) is 14.2. The summed E-state index contributed by atoms with van der Waals surface area (Å²) in [5, 5.41) is 18.3. The van der Waals surface area contributed by atoms with Crippen molar-refractivity contribution in [2.75, 3.05) is 25.2 Å². The van der Waals surface area contributed by atoms with Crippen molar-refractivity contribution < 1.29 is 48.1 Å². The molecule has 4 heterocycles. The summed E-state index contributed by atoms with van der Waals surface area (Å²) in [6.07, 6.45) is 11.1. The SMILES string of the molecule is CCOC(=O)c1cc(C(=O)Cc2ccc3ccccc3c2)c[nH]1.CCOC(=O)c1cc(CCc2ccc3ccccc3c2)c[nH]1.CCOC(=O)c1ccc[nH]1.ClCCl.O=C(Cl)Cc1ccc2ccccc2c1.O=C(O)c1cc(CCc2ccc3ccccc3c2)c[nH]1.[Cl][Al]([Cl])[Cl]. The van der Waals surface area contributed by atoms with Gasteiger partial charge in [0.25, 0.3) is 0 Å². The first kappa shape index (κ1) is 76.4. The summed E-state index contributed by atoms with van der Waals surface area (Å²) in [6.45, 7) is 6.44. The number of carbonyl (C=O) groups is 6. The number of carboxylic acid groups (broad SMARTS) is 1. The van der Waals surface area contributed by atoms with E-state index in [1.807, 2.05) is 116 Å². The van der Waals surface area contributed by atoms with Crippen LogP contribution in [0.15, 0.2) is 225 Å². The van der Waals surface area contributed by atoms with Crippen LogP contribution in [0.2, 0.25) is 0 Å². The highest BCUT2D eigenvalue weighted by Crippen LogP contribution is 2.22. The van der Waals surface area contributed by atoms with Gasteiger partial charge in [0.15, 0.2) is 5.78 Å². The molecular formula is C75H71AlCl6N4O10. The average Bonchev–Trinajstić information content (AvgIpc) is 1.04. The molecule has 0 saturated carbocycles. The maximum absolute atomic E-state index is 12.4. The minimum Gasteiger partial charge on any atom is -0.477 e. The number of hydrogen-bond acceptors (Lipinski definition) is 9. The number of carbonyl (C=O) groups excluding carboxylic acids is 5. The van der Waals surface area contributed by atoms with E-state index in [4.69, 9.17) is 84.3 Å².